The summed E-state index contributed by atoms with van der Waals surface area (Å²) in [6, 6.07) is 4.52. The van der Waals surface area contributed by atoms with Crippen LogP contribution in [0, 0.1) is 5.82 Å². The Hall–Kier alpha value is -1.63. The van der Waals surface area contributed by atoms with Gasteiger partial charge in [0.05, 0.1) is 0 Å². The van der Waals surface area contributed by atoms with Crippen LogP contribution in [0.2, 0.25) is 0 Å². The summed E-state index contributed by atoms with van der Waals surface area (Å²) in [4.78, 5) is 23.0. The lowest BCUT2D eigenvalue weighted by molar-refractivity contribution is -0.121. The highest BCUT2D eigenvalue weighted by Crippen LogP contribution is 2.15. The van der Waals surface area contributed by atoms with Crippen LogP contribution in [-0.2, 0) is 16.1 Å². The van der Waals surface area contributed by atoms with E-state index in [4.69, 9.17) is 4.74 Å². The standard InChI is InChI=1S/C15H20BrFN2O3/c1-15(2,3)22-14(21)18-7-6-13(20)19-9-10-8-11(16)4-5-12(10)17/h4-5,8H,6-7,9H2,1-3H3,(H,18,21)(H,19,20). The Morgan fingerprint density at radius 3 is 2.59 bits per heavy atom. The van der Waals surface area contributed by atoms with Crippen molar-refractivity contribution in [1.82, 2.24) is 10.6 Å². The predicted octanol–water partition coefficient (Wildman–Crippen LogP) is 3.12. The number of nitrogens with one attached hydrogen (secondary N) is 2. The van der Waals surface area contributed by atoms with Gasteiger partial charge in [-0.3, -0.25) is 4.79 Å². The van der Waals surface area contributed by atoms with Gasteiger partial charge in [0.15, 0.2) is 0 Å². The molecule has 0 saturated heterocycles. The van der Waals surface area contributed by atoms with E-state index in [0.717, 1.165) is 4.47 Å². The van der Waals surface area contributed by atoms with Crippen LogP contribution in [0.1, 0.15) is 32.8 Å². The monoisotopic (exact) mass is 374 g/mol. The lowest BCUT2D eigenvalue weighted by atomic mass is 10.2. The topological polar surface area (TPSA) is 67.4 Å². The second-order valence-electron chi connectivity index (χ2n) is 5.69. The molecule has 122 valence electrons. The van der Waals surface area contributed by atoms with E-state index in [-0.39, 0.29) is 31.2 Å². The maximum absolute atomic E-state index is 13.5. The average molecular weight is 375 g/mol. The third kappa shape index (κ3) is 7.40. The molecule has 2 N–H and O–H groups in total. The Morgan fingerprint density at radius 2 is 1.95 bits per heavy atom. The van der Waals surface area contributed by atoms with Crippen LogP contribution in [0.15, 0.2) is 22.7 Å². The van der Waals surface area contributed by atoms with Crippen LogP contribution in [0.5, 0.6) is 0 Å². The Labute approximate surface area is 137 Å². The van der Waals surface area contributed by atoms with E-state index in [9.17, 15) is 14.0 Å². The zero-order valence-electron chi connectivity index (χ0n) is 12.8. The third-order valence-corrected chi connectivity index (χ3v) is 3.00. The van der Waals surface area contributed by atoms with Gasteiger partial charge in [0, 0.05) is 29.5 Å². The number of carbonyl (C=O) groups is 2. The minimum absolute atomic E-state index is 0.0921. The first-order valence-corrected chi connectivity index (χ1v) is 7.64. The van der Waals surface area contributed by atoms with Gasteiger partial charge in [0.2, 0.25) is 5.91 Å². The molecule has 2 amide bonds. The van der Waals surface area contributed by atoms with Gasteiger partial charge in [-0.1, -0.05) is 15.9 Å². The number of hydrogen-bond acceptors (Lipinski definition) is 3. The van der Waals surface area contributed by atoms with Crippen LogP contribution in [0.3, 0.4) is 0 Å². The summed E-state index contributed by atoms with van der Waals surface area (Å²) < 4.78 is 19.3. The molecule has 1 aromatic rings. The van der Waals surface area contributed by atoms with Gasteiger partial charge < -0.3 is 15.4 Å². The maximum Gasteiger partial charge on any atom is 0.407 e. The molecule has 0 aromatic heterocycles. The van der Waals surface area contributed by atoms with E-state index in [2.05, 4.69) is 26.6 Å². The van der Waals surface area contributed by atoms with Gasteiger partial charge >= 0.3 is 6.09 Å². The molecule has 0 radical (unpaired) electrons. The van der Waals surface area contributed by atoms with Crippen molar-refractivity contribution in [2.45, 2.75) is 39.3 Å². The molecule has 0 fully saturated rings. The molecule has 0 saturated carbocycles. The number of rotatable bonds is 5. The van der Waals surface area contributed by atoms with Crippen molar-refractivity contribution in [2.24, 2.45) is 0 Å². The Morgan fingerprint density at radius 1 is 1.27 bits per heavy atom. The van der Waals surface area contributed by atoms with E-state index in [0.29, 0.717) is 5.56 Å². The van der Waals surface area contributed by atoms with Crippen molar-refractivity contribution >= 4 is 27.9 Å². The minimum atomic E-state index is -0.579. The van der Waals surface area contributed by atoms with Crippen molar-refractivity contribution in [2.75, 3.05) is 6.54 Å². The number of hydrogen-bond donors (Lipinski definition) is 2. The summed E-state index contributed by atoms with van der Waals surface area (Å²) in [7, 11) is 0. The summed E-state index contributed by atoms with van der Waals surface area (Å²) >= 11 is 3.24. The van der Waals surface area contributed by atoms with Gasteiger partial charge in [-0.2, -0.15) is 0 Å². The van der Waals surface area contributed by atoms with Gasteiger partial charge in [-0.25, -0.2) is 9.18 Å². The Kier molecular flexibility index (Phi) is 6.80. The summed E-state index contributed by atoms with van der Waals surface area (Å²) in [5, 5.41) is 5.08. The predicted molar refractivity (Wildman–Crippen MR) is 84.8 cm³/mol. The van der Waals surface area contributed by atoms with Crippen LogP contribution in [0.4, 0.5) is 9.18 Å². The number of benzene rings is 1. The maximum atomic E-state index is 13.5. The van der Waals surface area contributed by atoms with Gasteiger partial charge in [0.25, 0.3) is 0 Å². The second kappa shape index (κ2) is 8.12. The minimum Gasteiger partial charge on any atom is -0.444 e. The molecule has 1 aromatic carbocycles. The first kappa shape index (κ1) is 18.4. The molecular weight excluding hydrogens is 355 g/mol. The van der Waals surface area contributed by atoms with Crippen molar-refractivity contribution in [3.63, 3.8) is 0 Å². The zero-order valence-corrected chi connectivity index (χ0v) is 14.4. The van der Waals surface area contributed by atoms with Gasteiger partial charge in [-0.05, 0) is 39.0 Å². The van der Waals surface area contributed by atoms with Crippen molar-refractivity contribution < 1.29 is 18.7 Å². The van der Waals surface area contributed by atoms with Crippen molar-refractivity contribution in [1.29, 1.82) is 0 Å². The smallest absolute Gasteiger partial charge is 0.407 e. The first-order valence-electron chi connectivity index (χ1n) is 6.85. The fraction of sp³-hybridized carbons (Fsp3) is 0.467. The number of alkyl carbamates (subject to hydrolysis) is 1. The Balaban J connectivity index is 2.29. The molecule has 0 spiro atoms. The van der Waals surface area contributed by atoms with Crippen molar-refractivity contribution in [3.05, 3.63) is 34.1 Å². The molecule has 5 nitrogen and oxygen atoms in total. The third-order valence-electron chi connectivity index (χ3n) is 2.50. The highest BCUT2D eigenvalue weighted by Gasteiger charge is 2.15. The molecule has 0 aliphatic carbocycles. The molecule has 7 heteroatoms. The lowest BCUT2D eigenvalue weighted by Crippen LogP contribution is -2.35. The average Bonchev–Trinajstić information content (AvgIpc) is 2.37. The Bertz CT molecular complexity index is 544. The molecule has 22 heavy (non-hydrogen) atoms. The number of halogens is 2. The van der Waals surface area contributed by atoms with Gasteiger partial charge in [0.1, 0.15) is 11.4 Å². The van der Waals surface area contributed by atoms with Crippen LogP contribution >= 0.6 is 15.9 Å². The van der Waals surface area contributed by atoms with Gasteiger partial charge in [-0.15, -0.1) is 0 Å². The quantitative estimate of drug-likeness (QED) is 0.831. The van der Waals surface area contributed by atoms with E-state index >= 15 is 0 Å². The summed E-state index contributed by atoms with van der Waals surface area (Å²) in [6.07, 6.45) is -0.479. The van der Waals surface area contributed by atoms with E-state index < -0.39 is 11.7 Å². The van der Waals surface area contributed by atoms with E-state index in [1.54, 1.807) is 32.9 Å². The molecule has 0 bridgehead atoms. The number of ether oxygens (including phenoxy) is 1. The summed E-state index contributed by atoms with van der Waals surface area (Å²) in [5.41, 5.74) is -0.187. The largest absolute Gasteiger partial charge is 0.444 e. The molecule has 1 rings (SSSR count). The number of carbonyl (C=O) groups excluding carboxylic acids is 2. The van der Waals surface area contributed by atoms with Crippen LogP contribution in [0.25, 0.3) is 0 Å². The normalized spacial score (nSPS) is 11.0. The van der Waals surface area contributed by atoms with Crippen molar-refractivity contribution in [3.8, 4) is 0 Å². The van der Waals surface area contributed by atoms with E-state index in [1.165, 1.54) is 6.07 Å². The molecule has 0 aliphatic heterocycles. The fourth-order valence-corrected chi connectivity index (χ4v) is 1.96. The number of amides is 2. The molecule has 0 heterocycles. The summed E-state index contributed by atoms with van der Waals surface area (Å²) in [5.74, 6) is -0.661. The second-order valence-corrected chi connectivity index (χ2v) is 6.61. The van der Waals surface area contributed by atoms with E-state index in [1.807, 2.05) is 0 Å². The highest BCUT2D eigenvalue weighted by molar-refractivity contribution is 9.10. The highest BCUT2D eigenvalue weighted by atomic mass is 79.9. The molecule has 0 atom stereocenters. The lowest BCUT2D eigenvalue weighted by Gasteiger charge is -2.19. The van der Waals surface area contributed by atoms with Crippen LogP contribution < -0.4 is 10.6 Å². The first-order chi connectivity index (χ1) is 10.2. The molecule has 0 aliphatic rings. The van der Waals surface area contributed by atoms with Crippen LogP contribution in [-0.4, -0.2) is 24.1 Å². The summed E-state index contributed by atoms with van der Waals surface area (Å²) in [6.45, 7) is 5.52. The molecule has 0 unspecified atom stereocenters. The molecular formula is C15H20BrFN2O3. The fourth-order valence-electron chi connectivity index (χ4n) is 1.55. The SMILES string of the molecule is CC(C)(C)OC(=O)NCCC(=O)NCc1cc(Br)ccc1F. The zero-order chi connectivity index (χ0) is 16.8.